The van der Waals surface area contributed by atoms with Gasteiger partial charge in [0, 0.05) is 22.8 Å². The van der Waals surface area contributed by atoms with Crippen LogP contribution in [0.2, 0.25) is 0 Å². The molecule has 0 aromatic carbocycles. The van der Waals surface area contributed by atoms with E-state index < -0.39 is 10.0 Å². The molecular weight excluding hydrogens is 314 g/mol. The molecule has 0 radical (unpaired) electrons. The first-order valence-corrected chi connectivity index (χ1v) is 9.85. The predicted molar refractivity (Wildman–Crippen MR) is 87.1 cm³/mol. The summed E-state index contributed by atoms with van der Waals surface area (Å²) in [6.45, 7) is 9.05. The first-order chi connectivity index (χ1) is 9.40. The van der Waals surface area contributed by atoms with Crippen molar-refractivity contribution in [1.29, 1.82) is 0 Å². The van der Waals surface area contributed by atoms with Crippen molar-refractivity contribution in [2.24, 2.45) is 5.92 Å². The average Bonchev–Trinajstić information content (AvgIpc) is 2.82. The number of alkyl halides is 1. The van der Waals surface area contributed by atoms with E-state index in [-0.39, 0.29) is 0 Å². The fraction of sp³-hybridized carbons (Fsp3) is 0.714. The van der Waals surface area contributed by atoms with E-state index in [1.807, 2.05) is 13.8 Å². The third kappa shape index (κ3) is 3.97. The van der Waals surface area contributed by atoms with E-state index >= 15 is 0 Å². The number of hydrogen-bond donors (Lipinski definition) is 0. The quantitative estimate of drug-likeness (QED) is 0.665. The molecule has 0 fully saturated rings. The molecule has 6 heteroatoms. The van der Waals surface area contributed by atoms with E-state index in [2.05, 4.69) is 13.8 Å². The van der Waals surface area contributed by atoms with E-state index in [1.54, 1.807) is 10.4 Å². The minimum absolute atomic E-state index is 0.361. The molecule has 3 nitrogen and oxygen atoms in total. The highest BCUT2D eigenvalue weighted by atomic mass is 35.5. The van der Waals surface area contributed by atoms with Crippen LogP contribution in [0.4, 0.5) is 0 Å². The van der Waals surface area contributed by atoms with Crippen LogP contribution in [0.25, 0.3) is 0 Å². The van der Waals surface area contributed by atoms with Gasteiger partial charge in [0.15, 0.2) is 0 Å². The Labute approximate surface area is 132 Å². The molecule has 0 unspecified atom stereocenters. The van der Waals surface area contributed by atoms with Crippen molar-refractivity contribution in [3.63, 3.8) is 0 Å². The zero-order valence-electron chi connectivity index (χ0n) is 12.6. The van der Waals surface area contributed by atoms with E-state index in [0.717, 1.165) is 22.6 Å². The summed E-state index contributed by atoms with van der Waals surface area (Å²) in [5.74, 6) is 0.774. The van der Waals surface area contributed by atoms with Crippen LogP contribution in [0.3, 0.4) is 0 Å². The normalized spacial score (nSPS) is 12.6. The third-order valence-electron chi connectivity index (χ3n) is 3.64. The van der Waals surface area contributed by atoms with Crippen molar-refractivity contribution in [1.82, 2.24) is 4.31 Å². The summed E-state index contributed by atoms with van der Waals surface area (Å²) >= 11 is 7.27. The smallest absolute Gasteiger partial charge is 0.207 e. The summed E-state index contributed by atoms with van der Waals surface area (Å²) < 4.78 is 27.1. The first-order valence-electron chi connectivity index (χ1n) is 7.05. The van der Waals surface area contributed by atoms with Gasteiger partial charge in [0.1, 0.15) is 0 Å². The predicted octanol–water partition coefficient (Wildman–Crippen LogP) is 4.24. The van der Waals surface area contributed by atoms with Gasteiger partial charge in [-0.05, 0) is 18.9 Å². The van der Waals surface area contributed by atoms with Gasteiger partial charge in [-0.3, -0.25) is 0 Å². The number of aryl methyl sites for hydroxylation is 1. The van der Waals surface area contributed by atoms with Crippen LogP contribution in [-0.4, -0.2) is 25.8 Å². The molecule has 0 amide bonds. The second-order valence-corrected chi connectivity index (χ2v) is 8.42. The lowest BCUT2D eigenvalue weighted by Crippen LogP contribution is -2.35. The minimum Gasteiger partial charge on any atom is -0.207 e. The van der Waals surface area contributed by atoms with Crippen LogP contribution in [0.5, 0.6) is 0 Å². The van der Waals surface area contributed by atoms with Gasteiger partial charge in [-0.15, -0.1) is 22.9 Å². The number of halogens is 1. The molecular formula is C14H24ClNO2S2. The van der Waals surface area contributed by atoms with E-state index in [9.17, 15) is 8.42 Å². The topological polar surface area (TPSA) is 37.4 Å². The van der Waals surface area contributed by atoms with Gasteiger partial charge < -0.3 is 0 Å². The SMILES string of the molecule is CCC(CC)CN(CC)S(=O)(=O)c1cc(CCl)sc1C. The Morgan fingerprint density at radius 1 is 1.30 bits per heavy atom. The number of thiophene rings is 1. The number of hydrogen-bond acceptors (Lipinski definition) is 3. The van der Waals surface area contributed by atoms with Gasteiger partial charge >= 0.3 is 0 Å². The molecule has 116 valence electrons. The Morgan fingerprint density at radius 3 is 2.30 bits per heavy atom. The Hall–Kier alpha value is -0.100. The van der Waals surface area contributed by atoms with Crippen molar-refractivity contribution in [3.05, 3.63) is 15.8 Å². The highest BCUT2D eigenvalue weighted by Gasteiger charge is 2.27. The Bertz CT molecular complexity index is 521. The average molecular weight is 338 g/mol. The minimum atomic E-state index is -3.40. The molecule has 0 atom stereocenters. The number of rotatable bonds is 8. The number of sulfonamides is 1. The molecule has 20 heavy (non-hydrogen) atoms. The lowest BCUT2D eigenvalue weighted by Gasteiger charge is -2.24. The molecule has 0 aliphatic heterocycles. The molecule has 1 rings (SSSR count). The van der Waals surface area contributed by atoms with Crippen molar-refractivity contribution in [2.75, 3.05) is 13.1 Å². The Morgan fingerprint density at radius 2 is 1.90 bits per heavy atom. The van der Waals surface area contributed by atoms with Gasteiger partial charge in [0.05, 0.1) is 10.8 Å². The molecule has 0 bridgehead atoms. The van der Waals surface area contributed by atoms with Crippen LogP contribution in [0, 0.1) is 12.8 Å². The molecule has 1 aromatic rings. The molecule has 0 aliphatic rings. The monoisotopic (exact) mass is 337 g/mol. The molecule has 0 saturated carbocycles. The summed E-state index contributed by atoms with van der Waals surface area (Å²) in [7, 11) is -3.40. The summed E-state index contributed by atoms with van der Waals surface area (Å²) in [5, 5.41) is 0. The second kappa shape index (κ2) is 7.78. The van der Waals surface area contributed by atoms with Gasteiger partial charge in [0.25, 0.3) is 0 Å². The summed E-state index contributed by atoms with van der Waals surface area (Å²) in [4.78, 5) is 2.15. The summed E-state index contributed by atoms with van der Waals surface area (Å²) in [6, 6.07) is 1.72. The van der Waals surface area contributed by atoms with E-state index in [1.165, 1.54) is 11.3 Å². The van der Waals surface area contributed by atoms with Gasteiger partial charge in [-0.25, -0.2) is 8.42 Å². The van der Waals surface area contributed by atoms with Crippen LogP contribution < -0.4 is 0 Å². The van der Waals surface area contributed by atoms with Crippen molar-refractivity contribution in [3.8, 4) is 0 Å². The first kappa shape index (κ1) is 18.0. The summed E-state index contributed by atoms with van der Waals surface area (Å²) in [6.07, 6.45) is 2.00. The van der Waals surface area contributed by atoms with Crippen molar-refractivity contribution >= 4 is 33.0 Å². The molecule has 0 saturated heterocycles. The third-order valence-corrected chi connectivity index (χ3v) is 7.34. The maximum absolute atomic E-state index is 12.8. The standard InChI is InChI=1S/C14H24ClNO2S2/c1-5-12(6-2)10-16(7-3)20(17,18)14-8-13(9-15)19-11(14)4/h8,12H,5-7,9-10H2,1-4H3. The highest BCUT2D eigenvalue weighted by molar-refractivity contribution is 7.89. The van der Waals surface area contributed by atoms with Crippen LogP contribution in [0.15, 0.2) is 11.0 Å². The molecule has 0 spiro atoms. The van der Waals surface area contributed by atoms with Gasteiger partial charge in [-0.2, -0.15) is 4.31 Å². The highest BCUT2D eigenvalue weighted by Crippen LogP contribution is 2.29. The largest absolute Gasteiger partial charge is 0.244 e. The zero-order valence-corrected chi connectivity index (χ0v) is 15.0. The van der Waals surface area contributed by atoms with Crippen LogP contribution >= 0.6 is 22.9 Å². The fourth-order valence-electron chi connectivity index (χ4n) is 2.22. The van der Waals surface area contributed by atoms with E-state index in [4.69, 9.17) is 11.6 Å². The molecule has 1 heterocycles. The lowest BCUT2D eigenvalue weighted by atomic mass is 10.0. The summed E-state index contributed by atoms with van der Waals surface area (Å²) in [5.41, 5.74) is 0. The van der Waals surface area contributed by atoms with Crippen LogP contribution in [-0.2, 0) is 15.9 Å². The second-order valence-electron chi connectivity index (χ2n) is 4.90. The Kier molecular flexibility index (Phi) is 6.98. The van der Waals surface area contributed by atoms with Crippen LogP contribution in [0.1, 0.15) is 43.4 Å². The molecule has 0 N–H and O–H groups in total. The molecule has 0 aliphatic carbocycles. The van der Waals surface area contributed by atoms with Gasteiger partial charge in [0.2, 0.25) is 10.0 Å². The van der Waals surface area contributed by atoms with Crippen molar-refractivity contribution < 1.29 is 8.42 Å². The van der Waals surface area contributed by atoms with Crippen molar-refractivity contribution in [2.45, 2.75) is 51.3 Å². The number of nitrogens with zero attached hydrogens (tertiary/aromatic N) is 1. The van der Waals surface area contributed by atoms with E-state index in [0.29, 0.717) is 29.8 Å². The molecule has 1 aromatic heterocycles. The Balaban J connectivity index is 3.08. The maximum Gasteiger partial charge on any atom is 0.244 e. The maximum atomic E-state index is 12.8. The zero-order chi connectivity index (χ0) is 15.3. The lowest BCUT2D eigenvalue weighted by molar-refractivity contribution is 0.339. The fourth-order valence-corrected chi connectivity index (χ4v) is 5.44. The van der Waals surface area contributed by atoms with Gasteiger partial charge in [-0.1, -0.05) is 33.6 Å².